The van der Waals surface area contributed by atoms with Crippen LogP contribution in [0.25, 0.3) is 10.9 Å². The molecular formula is C17H20N4O4. The van der Waals surface area contributed by atoms with Gasteiger partial charge in [0.15, 0.2) is 11.5 Å². The number of aryl methyl sites for hydroxylation is 1. The van der Waals surface area contributed by atoms with Gasteiger partial charge in [0, 0.05) is 12.7 Å². The Bertz CT molecular complexity index is 961. The second-order valence-electron chi connectivity index (χ2n) is 5.41. The summed E-state index contributed by atoms with van der Waals surface area (Å²) in [5, 5.41) is 0.395. The largest absolute Gasteiger partial charge is 0.493 e. The van der Waals surface area contributed by atoms with Gasteiger partial charge in [-0.2, -0.15) is 0 Å². The minimum Gasteiger partial charge on any atom is -0.493 e. The molecule has 0 bridgehead atoms. The molecule has 0 fully saturated rings. The third-order valence-corrected chi connectivity index (χ3v) is 4.01. The van der Waals surface area contributed by atoms with Crippen molar-refractivity contribution in [1.82, 2.24) is 19.1 Å². The fourth-order valence-electron chi connectivity index (χ4n) is 2.71. The van der Waals surface area contributed by atoms with Crippen molar-refractivity contribution in [3.05, 3.63) is 41.0 Å². The third kappa shape index (κ3) is 2.90. The molecule has 0 atom stereocenters. The van der Waals surface area contributed by atoms with Crippen molar-refractivity contribution in [2.24, 2.45) is 0 Å². The molecule has 0 N–H and O–H groups in total. The maximum absolute atomic E-state index is 12.9. The monoisotopic (exact) mass is 344 g/mol. The normalized spacial score (nSPS) is 10.9. The maximum atomic E-state index is 12.9. The van der Waals surface area contributed by atoms with Gasteiger partial charge in [-0.1, -0.05) is 0 Å². The summed E-state index contributed by atoms with van der Waals surface area (Å²) in [5.41, 5.74) is 1.02. The highest BCUT2D eigenvalue weighted by atomic mass is 16.5. The quantitative estimate of drug-likeness (QED) is 0.677. The van der Waals surface area contributed by atoms with E-state index in [1.165, 1.54) is 32.2 Å². The van der Waals surface area contributed by atoms with Crippen LogP contribution in [-0.4, -0.2) is 40.4 Å². The number of imidazole rings is 1. The van der Waals surface area contributed by atoms with Gasteiger partial charge in [0.1, 0.15) is 5.52 Å². The summed E-state index contributed by atoms with van der Waals surface area (Å²) in [6.45, 7) is 3.19. The number of rotatable bonds is 6. The van der Waals surface area contributed by atoms with Gasteiger partial charge >= 0.3 is 0 Å². The Hall–Kier alpha value is -3.03. The van der Waals surface area contributed by atoms with Crippen LogP contribution in [0.3, 0.4) is 0 Å². The van der Waals surface area contributed by atoms with Crippen LogP contribution >= 0.6 is 0 Å². The molecule has 1 aromatic carbocycles. The van der Waals surface area contributed by atoms with E-state index in [-0.39, 0.29) is 5.56 Å². The smallest absolute Gasteiger partial charge is 0.261 e. The van der Waals surface area contributed by atoms with Crippen LogP contribution in [0.2, 0.25) is 0 Å². The summed E-state index contributed by atoms with van der Waals surface area (Å²) in [4.78, 5) is 21.6. The molecule has 3 aromatic rings. The fraction of sp³-hybridized carbons (Fsp3) is 0.353. The van der Waals surface area contributed by atoms with Crippen LogP contribution < -0.4 is 19.8 Å². The van der Waals surface area contributed by atoms with Crippen molar-refractivity contribution in [1.29, 1.82) is 0 Å². The van der Waals surface area contributed by atoms with Crippen molar-refractivity contribution >= 4 is 10.9 Å². The lowest BCUT2D eigenvalue weighted by atomic mass is 10.2. The average molecular weight is 344 g/mol. The highest BCUT2D eigenvalue weighted by molar-refractivity contribution is 5.89. The molecular weight excluding hydrogens is 324 g/mol. The summed E-state index contributed by atoms with van der Waals surface area (Å²) in [6, 6.07) is 1.62. The van der Waals surface area contributed by atoms with Crippen molar-refractivity contribution in [3.8, 4) is 17.2 Å². The zero-order valence-corrected chi connectivity index (χ0v) is 14.6. The second kappa shape index (κ2) is 6.84. The minimum absolute atomic E-state index is 0.199. The van der Waals surface area contributed by atoms with Crippen molar-refractivity contribution in [2.75, 3.05) is 21.3 Å². The van der Waals surface area contributed by atoms with Gasteiger partial charge in [-0.05, 0) is 13.0 Å². The first-order valence-corrected chi connectivity index (χ1v) is 7.81. The minimum atomic E-state index is -0.199. The topological polar surface area (TPSA) is 80.4 Å². The van der Waals surface area contributed by atoms with E-state index in [0.717, 1.165) is 12.2 Å². The number of hydrogen-bond donors (Lipinski definition) is 0. The molecule has 0 saturated heterocycles. The molecule has 8 heteroatoms. The van der Waals surface area contributed by atoms with Gasteiger partial charge < -0.3 is 18.8 Å². The van der Waals surface area contributed by atoms with Gasteiger partial charge in [-0.3, -0.25) is 9.36 Å². The third-order valence-electron chi connectivity index (χ3n) is 4.01. The number of hydrogen-bond acceptors (Lipinski definition) is 6. The van der Waals surface area contributed by atoms with E-state index in [0.29, 0.717) is 34.7 Å². The number of nitrogens with zero attached hydrogens (tertiary/aromatic N) is 4. The average Bonchev–Trinajstić information content (AvgIpc) is 3.10. The summed E-state index contributed by atoms with van der Waals surface area (Å²) >= 11 is 0. The number of methoxy groups -OCH3 is 3. The molecule has 132 valence electrons. The molecule has 0 aliphatic heterocycles. The fourth-order valence-corrected chi connectivity index (χ4v) is 2.71. The van der Waals surface area contributed by atoms with Gasteiger partial charge in [-0.25, -0.2) is 9.97 Å². The van der Waals surface area contributed by atoms with E-state index in [1.807, 2.05) is 17.7 Å². The number of ether oxygens (including phenoxy) is 3. The molecule has 0 unspecified atom stereocenters. The Balaban J connectivity index is 2.14. The number of aromatic nitrogens is 4. The van der Waals surface area contributed by atoms with Crippen molar-refractivity contribution < 1.29 is 14.2 Å². The Kier molecular flexibility index (Phi) is 4.60. The zero-order valence-electron chi connectivity index (χ0n) is 14.6. The van der Waals surface area contributed by atoms with Crippen LogP contribution in [0, 0.1) is 0 Å². The predicted octanol–water partition coefficient (Wildman–Crippen LogP) is 1.69. The Morgan fingerprint density at radius 2 is 1.80 bits per heavy atom. The number of fused-ring (bicyclic) bond motifs is 1. The number of benzene rings is 1. The molecule has 8 nitrogen and oxygen atoms in total. The van der Waals surface area contributed by atoms with E-state index in [2.05, 4.69) is 9.97 Å². The first-order valence-electron chi connectivity index (χ1n) is 7.81. The van der Waals surface area contributed by atoms with E-state index in [9.17, 15) is 4.79 Å². The second-order valence-corrected chi connectivity index (χ2v) is 5.41. The molecule has 2 heterocycles. The first kappa shape index (κ1) is 16.8. The molecule has 0 radical (unpaired) electrons. The molecule has 25 heavy (non-hydrogen) atoms. The predicted molar refractivity (Wildman–Crippen MR) is 92.7 cm³/mol. The summed E-state index contributed by atoms with van der Waals surface area (Å²) in [7, 11) is 4.52. The Morgan fingerprint density at radius 1 is 1.04 bits per heavy atom. The van der Waals surface area contributed by atoms with Crippen molar-refractivity contribution in [3.63, 3.8) is 0 Å². The Labute approximate surface area is 144 Å². The van der Waals surface area contributed by atoms with Crippen LogP contribution in [0.1, 0.15) is 12.6 Å². The lowest BCUT2D eigenvalue weighted by Crippen LogP contribution is -2.21. The van der Waals surface area contributed by atoms with Crippen LogP contribution in [-0.2, 0) is 13.1 Å². The van der Waals surface area contributed by atoms with Crippen molar-refractivity contribution in [2.45, 2.75) is 20.0 Å². The zero-order chi connectivity index (χ0) is 18.0. The highest BCUT2D eigenvalue weighted by Crippen LogP contribution is 2.41. The van der Waals surface area contributed by atoms with Gasteiger partial charge in [0.2, 0.25) is 5.75 Å². The molecule has 0 saturated carbocycles. The molecule has 0 spiro atoms. The van der Waals surface area contributed by atoms with E-state index in [4.69, 9.17) is 14.2 Å². The van der Waals surface area contributed by atoms with Crippen LogP contribution in [0.5, 0.6) is 17.2 Å². The maximum Gasteiger partial charge on any atom is 0.261 e. The lowest BCUT2D eigenvalue weighted by Gasteiger charge is -2.14. The molecule has 3 rings (SSSR count). The standard InChI is InChI=1S/C17H20N4O4/c1-5-20-7-11(18-9-20)8-21-10-19-14-12(17(21)22)6-13(23-2)15(24-3)16(14)25-4/h6-7,9-10H,5,8H2,1-4H3. The molecule has 0 amide bonds. The highest BCUT2D eigenvalue weighted by Gasteiger charge is 2.19. The Morgan fingerprint density at radius 3 is 2.40 bits per heavy atom. The summed E-state index contributed by atoms with van der Waals surface area (Å²) in [5.74, 6) is 1.19. The van der Waals surface area contributed by atoms with Crippen LogP contribution in [0.4, 0.5) is 0 Å². The molecule has 2 aromatic heterocycles. The lowest BCUT2D eigenvalue weighted by molar-refractivity contribution is 0.326. The SMILES string of the molecule is CCn1cnc(Cn2cnc3c(OC)c(OC)c(OC)cc3c2=O)c1. The summed E-state index contributed by atoms with van der Waals surface area (Å²) < 4.78 is 19.5. The molecule has 0 aliphatic rings. The molecule has 0 aliphatic carbocycles. The van der Waals surface area contributed by atoms with E-state index >= 15 is 0 Å². The van der Waals surface area contributed by atoms with Crippen LogP contribution in [0.15, 0.2) is 29.7 Å². The summed E-state index contributed by atoms with van der Waals surface area (Å²) in [6.07, 6.45) is 5.14. The first-order chi connectivity index (χ1) is 12.1. The van der Waals surface area contributed by atoms with Gasteiger partial charge in [0.05, 0.1) is 51.6 Å². The van der Waals surface area contributed by atoms with Gasteiger partial charge in [0.25, 0.3) is 5.56 Å². The van der Waals surface area contributed by atoms with Gasteiger partial charge in [-0.15, -0.1) is 0 Å². The van der Waals surface area contributed by atoms with E-state index < -0.39 is 0 Å². The van der Waals surface area contributed by atoms with E-state index in [1.54, 1.807) is 12.4 Å².